The summed E-state index contributed by atoms with van der Waals surface area (Å²) in [7, 11) is 0. The van der Waals surface area contributed by atoms with Crippen molar-refractivity contribution in [2.45, 2.75) is 27.4 Å². The van der Waals surface area contributed by atoms with Crippen molar-refractivity contribution >= 4 is 5.97 Å². The number of aryl methyl sites for hydroxylation is 3. The second-order valence-corrected chi connectivity index (χ2v) is 4.86. The van der Waals surface area contributed by atoms with Crippen LogP contribution in [-0.2, 0) is 6.61 Å². The highest BCUT2D eigenvalue weighted by Crippen LogP contribution is 2.25. The highest BCUT2D eigenvalue weighted by molar-refractivity contribution is 5.87. The van der Waals surface area contributed by atoms with E-state index in [1.807, 2.05) is 13.8 Å². The summed E-state index contributed by atoms with van der Waals surface area (Å²) in [5.41, 5.74) is 4.26. The van der Waals surface area contributed by atoms with Gasteiger partial charge in [0.15, 0.2) is 0 Å². The summed E-state index contributed by atoms with van der Waals surface area (Å²) in [5, 5.41) is 8.81. The predicted molar refractivity (Wildman–Crippen MR) is 76.2 cm³/mol. The van der Waals surface area contributed by atoms with Crippen LogP contribution in [-0.4, -0.2) is 16.1 Å². The molecule has 1 aromatic heterocycles. The van der Waals surface area contributed by atoms with Crippen LogP contribution in [0.1, 0.15) is 32.7 Å². The Morgan fingerprint density at radius 3 is 2.35 bits per heavy atom. The van der Waals surface area contributed by atoms with Crippen molar-refractivity contribution in [1.29, 1.82) is 0 Å². The molecule has 4 heteroatoms. The summed E-state index contributed by atoms with van der Waals surface area (Å²) < 4.78 is 5.80. The molecule has 0 aliphatic carbocycles. The second-order valence-electron chi connectivity index (χ2n) is 4.86. The number of carboxylic acids is 1. The van der Waals surface area contributed by atoms with E-state index >= 15 is 0 Å². The highest BCUT2D eigenvalue weighted by atomic mass is 16.5. The fourth-order valence-electron chi connectivity index (χ4n) is 2.18. The minimum atomic E-state index is -0.977. The van der Waals surface area contributed by atoms with Gasteiger partial charge in [-0.25, -0.2) is 4.79 Å². The molecule has 104 valence electrons. The van der Waals surface area contributed by atoms with Crippen molar-refractivity contribution in [1.82, 2.24) is 4.98 Å². The first-order valence-electron chi connectivity index (χ1n) is 6.36. The zero-order valence-electron chi connectivity index (χ0n) is 11.8. The van der Waals surface area contributed by atoms with Gasteiger partial charge in [-0.1, -0.05) is 17.7 Å². The van der Waals surface area contributed by atoms with Gasteiger partial charge >= 0.3 is 5.97 Å². The van der Waals surface area contributed by atoms with E-state index in [0.29, 0.717) is 12.3 Å². The second kappa shape index (κ2) is 5.74. The topological polar surface area (TPSA) is 59.4 Å². The van der Waals surface area contributed by atoms with Crippen molar-refractivity contribution in [2.75, 3.05) is 0 Å². The molecule has 0 radical (unpaired) electrons. The van der Waals surface area contributed by atoms with E-state index in [-0.39, 0.29) is 5.56 Å². The van der Waals surface area contributed by atoms with Crippen LogP contribution in [0.5, 0.6) is 5.75 Å². The van der Waals surface area contributed by atoms with E-state index in [1.165, 1.54) is 17.8 Å². The van der Waals surface area contributed by atoms with Crippen molar-refractivity contribution < 1.29 is 14.6 Å². The third-order valence-electron chi connectivity index (χ3n) is 3.04. The van der Waals surface area contributed by atoms with Crippen LogP contribution < -0.4 is 4.74 Å². The molecule has 0 spiro atoms. The number of pyridine rings is 1. The van der Waals surface area contributed by atoms with E-state index in [1.54, 1.807) is 6.07 Å². The van der Waals surface area contributed by atoms with Crippen LogP contribution in [0.4, 0.5) is 0 Å². The quantitative estimate of drug-likeness (QED) is 0.927. The lowest BCUT2D eigenvalue weighted by molar-refractivity contribution is 0.0696. The molecule has 2 rings (SSSR count). The third kappa shape index (κ3) is 3.15. The number of aromatic carboxylic acids is 1. The van der Waals surface area contributed by atoms with E-state index < -0.39 is 5.97 Å². The molecule has 2 aromatic rings. The van der Waals surface area contributed by atoms with E-state index in [4.69, 9.17) is 9.84 Å². The Labute approximate surface area is 118 Å². The normalized spacial score (nSPS) is 10.3. The minimum absolute atomic E-state index is 0.177. The monoisotopic (exact) mass is 271 g/mol. The summed E-state index contributed by atoms with van der Waals surface area (Å²) in [6.45, 7) is 6.40. The summed E-state index contributed by atoms with van der Waals surface area (Å²) >= 11 is 0. The predicted octanol–water partition coefficient (Wildman–Crippen LogP) is 3.28. The van der Waals surface area contributed by atoms with Gasteiger partial charge in [0.1, 0.15) is 12.4 Å². The van der Waals surface area contributed by atoms with Crippen molar-refractivity contribution in [3.63, 3.8) is 0 Å². The molecular weight excluding hydrogens is 254 g/mol. The fraction of sp³-hybridized carbons (Fsp3) is 0.250. The zero-order chi connectivity index (χ0) is 14.7. The molecule has 0 atom stereocenters. The van der Waals surface area contributed by atoms with Crippen molar-refractivity contribution in [3.8, 4) is 5.75 Å². The number of aromatic nitrogens is 1. The zero-order valence-corrected chi connectivity index (χ0v) is 11.8. The maximum atomic E-state index is 10.7. The minimum Gasteiger partial charge on any atom is -0.487 e. The van der Waals surface area contributed by atoms with Crippen LogP contribution in [0, 0.1) is 20.8 Å². The maximum Gasteiger partial charge on any atom is 0.337 e. The Kier molecular flexibility index (Phi) is 4.03. The Balaban J connectivity index is 2.11. The maximum absolute atomic E-state index is 10.7. The lowest BCUT2D eigenvalue weighted by Gasteiger charge is -2.12. The first-order chi connectivity index (χ1) is 9.47. The summed E-state index contributed by atoms with van der Waals surface area (Å²) in [5.74, 6) is -0.116. The first kappa shape index (κ1) is 14.1. The van der Waals surface area contributed by atoms with Gasteiger partial charge in [-0.3, -0.25) is 4.98 Å². The number of carboxylic acid groups (broad SMARTS) is 1. The summed E-state index contributed by atoms with van der Waals surface area (Å²) in [6, 6.07) is 7.35. The van der Waals surface area contributed by atoms with Crippen LogP contribution in [0.25, 0.3) is 0 Å². The number of rotatable bonds is 4. The molecule has 1 aromatic carbocycles. The van der Waals surface area contributed by atoms with Gasteiger partial charge in [0.05, 0.1) is 11.3 Å². The molecule has 1 heterocycles. The average Bonchev–Trinajstić information content (AvgIpc) is 2.38. The van der Waals surface area contributed by atoms with Gasteiger partial charge in [0, 0.05) is 6.20 Å². The number of hydrogen-bond donors (Lipinski definition) is 1. The van der Waals surface area contributed by atoms with E-state index in [2.05, 4.69) is 24.0 Å². The van der Waals surface area contributed by atoms with Crippen LogP contribution in [0.15, 0.2) is 30.5 Å². The van der Waals surface area contributed by atoms with Crippen LogP contribution in [0.3, 0.4) is 0 Å². The number of ether oxygens (including phenoxy) is 1. The largest absolute Gasteiger partial charge is 0.487 e. The molecule has 4 nitrogen and oxygen atoms in total. The Morgan fingerprint density at radius 1 is 1.20 bits per heavy atom. The molecular formula is C16H17NO3. The standard InChI is InChI=1S/C16H17NO3/c1-10-6-11(2)15(12(3)7-10)20-9-14-5-4-13(8-17-14)16(18)19/h4-8H,9H2,1-3H3,(H,18,19). The molecule has 1 N–H and O–H groups in total. The number of nitrogens with zero attached hydrogens (tertiary/aromatic N) is 1. The first-order valence-corrected chi connectivity index (χ1v) is 6.36. The van der Waals surface area contributed by atoms with Gasteiger partial charge < -0.3 is 9.84 Å². The molecule has 20 heavy (non-hydrogen) atoms. The SMILES string of the molecule is Cc1cc(C)c(OCc2ccc(C(=O)O)cn2)c(C)c1. The van der Waals surface area contributed by atoms with Gasteiger partial charge in [-0.05, 0) is 44.0 Å². The fourth-order valence-corrected chi connectivity index (χ4v) is 2.18. The molecule has 0 fully saturated rings. The van der Waals surface area contributed by atoms with Gasteiger partial charge in [0.2, 0.25) is 0 Å². The van der Waals surface area contributed by atoms with Gasteiger partial charge in [-0.2, -0.15) is 0 Å². The van der Waals surface area contributed by atoms with Crippen LogP contribution >= 0.6 is 0 Å². The molecule has 0 amide bonds. The van der Waals surface area contributed by atoms with Crippen molar-refractivity contribution in [3.05, 3.63) is 58.4 Å². The number of carbonyl (C=O) groups is 1. The molecule has 0 unspecified atom stereocenters. The Bertz CT molecular complexity index is 610. The smallest absolute Gasteiger partial charge is 0.337 e. The molecule has 0 saturated heterocycles. The Hall–Kier alpha value is -2.36. The lowest BCUT2D eigenvalue weighted by Crippen LogP contribution is -2.03. The highest BCUT2D eigenvalue weighted by Gasteiger charge is 2.07. The van der Waals surface area contributed by atoms with Crippen LogP contribution in [0.2, 0.25) is 0 Å². The van der Waals surface area contributed by atoms with Gasteiger partial charge in [-0.15, -0.1) is 0 Å². The van der Waals surface area contributed by atoms with Gasteiger partial charge in [0.25, 0.3) is 0 Å². The number of hydrogen-bond acceptors (Lipinski definition) is 3. The summed E-state index contributed by atoms with van der Waals surface area (Å²) in [6.07, 6.45) is 1.34. The molecule has 0 bridgehead atoms. The molecule has 0 saturated carbocycles. The third-order valence-corrected chi connectivity index (χ3v) is 3.04. The van der Waals surface area contributed by atoms with E-state index in [9.17, 15) is 4.79 Å². The van der Waals surface area contributed by atoms with Crippen molar-refractivity contribution in [2.24, 2.45) is 0 Å². The number of benzene rings is 1. The average molecular weight is 271 g/mol. The molecule has 0 aliphatic rings. The summed E-state index contributed by atoms with van der Waals surface area (Å²) in [4.78, 5) is 14.8. The van der Waals surface area contributed by atoms with E-state index in [0.717, 1.165) is 16.9 Å². The molecule has 0 aliphatic heterocycles. The Morgan fingerprint density at radius 2 is 1.85 bits per heavy atom. The lowest BCUT2D eigenvalue weighted by atomic mass is 10.1.